The largest absolute Gasteiger partial charge is 0.325 e. The van der Waals surface area contributed by atoms with Crippen molar-refractivity contribution in [1.29, 1.82) is 5.26 Å². The molecule has 0 aliphatic rings. The molecule has 2 heterocycles. The third-order valence-electron chi connectivity index (χ3n) is 5.33. The van der Waals surface area contributed by atoms with Crippen molar-refractivity contribution in [2.45, 2.75) is 33.9 Å². The summed E-state index contributed by atoms with van der Waals surface area (Å²) in [4.78, 5) is 18.6. The van der Waals surface area contributed by atoms with Crippen LogP contribution in [-0.4, -0.2) is 9.55 Å². The number of nitriles is 1. The van der Waals surface area contributed by atoms with E-state index in [1.165, 1.54) is 11.3 Å². The number of nitrogens with zero attached hydrogens (tertiary/aromatic N) is 3. The summed E-state index contributed by atoms with van der Waals surface area (Å²) in [6.45, 7) is 6.91. The van der Waals surface area contributed by atoms with Crippen molar-refractivity contribution in [3.63, 3.8) is 0 Å². The molecule has 0 saturated heterocycles. The number of nitrogens with two attached hydrogens (primary N) is 1. The van der Waals surface area contributed by atoms with E-state index in [0.717, 1.165) is 38.5 Å². The van der Waals surface area contributed by atoms with Crippen molar-refractivity contribution in [3.8, 4) is 27.8 Å². The molecule has 2 aromatic heterocycles. The Bertz CT molecular complexity index is 1370. The maximum absolute atomic E-state index is 13.4. The first kappa shape index (κ1) is 23.7. The molecular formula is C25H25ClN4OS. The molecule has 0 unspecified atom stereocenters. The molecule has 0 saturated carbocycles. The van der Waals surface area contributed by atoms with Crippen LogP contribution in [0.5, 0.6) is 0 Å². The van der Waals surface area contributed by atoms with Crippen molar-refractivity contribution >= 4 is 34.5 Å². The Morgan fingerprint density at radius 2 is 1.84 bits per heavy atom. The quantitative estimate of drug-likeness (QED) is 0.422. The Kier molecular flexibility index (Phi) is 7.15. The SMILES string of the molecule is Cc1nc(-c2ccc3c(=O)n(CC(C)C)c(CN)c(-c4ccccc4)c3c2)sc1C#N.Cl. The molecule has 4 rings (SSSR count). The van der Waals surface area contributed by atoms with Gasteiger partial charge in [-0.25, -0.2) is 4.98 Å². The number of halogens is 1. The van der Waals surface area contributed by atoms with Crippen LogP contribution in [0.2, 0.25) is 0 Å². The van der Waals surface area contributed by atoms with Gasteiger partial charge in [0.2, 0.25) is 0 Å². The second-order valence-electron chi connectivity index (χ2n) is 8.01. The number of benzene rings is 2. The van der Waals surface area contributed by atoms with Gasteiger partial charge in [-0.3, -0.25) is 4.79 Å². The molecule has 4 aromatic rings. The molecular weight excluding hydrogens is 440 g/mol. The highest BCUT2D eigenvalue weighted by molar-refractivity contribution is 7.15. The fourth-order valence-corrected chi connectivity index (χ4v) is 4.81. The monoisotopic (exact) mass is 464 g/mol. The maximum atomic E-state index is 13.4. The smallest absolute Gasteiger partial charge is 0.258 e. The van der Waals surface area contributed by atoms with E-state index in [0.29, 0.717) is 22.7 Å². The van der Waals surface area contributed by atoms with E-state index in [1.807, 2.05) is 60.0 Å². The van der Waals surface area contributed by atoms with Gasteiger partial charge in [0, 0.05) is 35.3 Å². The summed E-state index contributed by atoms with van der Waals surface area (Å²) in [6.07, 6.45) is 0. The molecule has 32 heavy (non-hydrogen) atoms. The van der Waals surface area contributed by atoms with Crippen LogP contribution in [0, 0.1) is 24.2 Å². The summed E-state index contributed by atoms with van der Waals surface area (Å²) in [6, 6.07) is 18.1. The fraction of sp³-hybridized carbons (Fsp3) is 0.240. The van der Waals surface area contributed by atoms with Gasteiger partial charge in [-0.15, -0.1) is 23.7 Å². The minimum atomic E-state index is -0.0246. The lowest BCUT2D eigenvalue weighted by Gasteiger charge is -2.21. The summed E-state index contributed by atoms with van der Waals surface area (Å²) in [5.74, 6) is 0.311. The molecule has 2 aromatic carbocycles. The summed E-state index contributed by atoms with van der Waals surface area (Å²) in [5.41, 5.74) is 10.6. The molecule has 7 heteroatoms. The third kappa shape index (κ3) is 4.20. The average molecular weight is 465 g/mol. The lowest BCUT2D eigenvalue weighted by Crippen LogP contribution is -2.28. The fourth-order valence-electron chi connectivity index (χ4n) is 3.95. The zero-order valence-electron chi connectivity index (χ0n) is 18.3. The molecule has 0 atom stereocenters. The first-order chi connectivity index (χ1) is 14.9. The maximum Gasteiger partial charge on any atom is 0.258 e. The predicted octanol–water partition coefficient (Wildman–Crippen LogP) is 5.51. The van der Waals surface area contributed by atoms with Crippen LogP contribution in [0.15, 0.2) is 53.3 Å². The van der Waals surface area contributed by atoms with Crippen molar-refractivity contribution < 1.29 is 0 Å². The van der Waals surface area contributed by atoms with Crippen LogP contribution in [0.1, 0.15) is 30.1 Å². The normalized spacial score (nSPS) is 10.9. The molecule has 0 spiro atoms. The third-order valence-corrected chi connectivity index (χ3v) is 6.44. The molecule has 0 amide bonds. The number of pyridine rings is 1. The van der Waals surface area contributed by atoms with E-state index >= 15 is 0 Å². The highest BCUT2D eigenvalue weighted by Crippen LogP contribution is 2.35. The Hall–Kier alpha value is -2.98. The highest BCUT2D eigenvalue weighted by atomic mass is 35.5. The molecule has 0 aliphatic carbocycles. The summed E-state index contributed by atoms with van der Waals surface area (Å²) >= 11 is 1.37. The molecule has 5 nitrogen and oxygen atoms in total. The predicted molar refractivity (Wildman–Crippen MR) is 134 cm³/mol. The van der Waals surface area contributed by atoms with Gasteiger partial charge in [0.25, 0.3) is 5.56 Å². The standard InChI is InChI=1S/C25H24N4OS.ClH/c1-15(2)14-29-21(12-26)23(17-7-5-4-6-8-17)20-11-18(9-10-19(20)25(29)30)24-28-16(3)22(13-27)31-24;/h4-11,15H,12,14,26H2,1-3H3;1H. The zero-order valence-corrected chi connectivity index (χ0v) is 19.9. The van der Waals surface area contributed by atoms with Crippen LogP contribution >= 0.6 is 23.7 Å². The lowest BCUT2D eigenvalue weighted by atomic mass is 9.95. The number of aryl methyl sites for hydroxylation is 1. The summed E-state index contributed by atoms with van der Waals surface area (Å²) in [5, 5.41) is 11.6. The van der Waals surface area contributed by atoms with Crippen molar-refractivity contribution in [1.82, 2.24) is 9.55 Å². The highest BCUT2D eigenvalue weighted by Gasteiger charge is 2.19. The van der Waals surface area contributed by atoms with Gasteiger partial charge in [-0.2, -0.15) is 5.26 Å². The molecule has 164 valence electrons. The molecule has 2 N–H and O–H groups in total. The average Bonchev–Trinajstić information content (AvgIpc) is 3.16. The zero-order chi connectivity index (χ0) is 22.1. The summed E-state index contributed by atoms with van der Waals surface area (Å²) < 4.78 is 1.83. The Morgan fingerprint density at radius 1 is 1.12 bits per heavy atom. The van der Waals surface area contributed by atoms with E-state index in [2.05, 4.69) is 24.9 Å². The first-order valence-electron chi connectivity index (χ1n) is 10.3. The Labute approximate surface area is 197 Å². The van der Waals surface area contributed by atoms with Gasteiger partial charge in [0.1, 0.15) is 16.0 Å². The van der Waals surface area contributed by atoms with Crippen molar-refractivity contribution in [3.05, 3.63) is 75.1 Å². The van der Waals surface area contributed by atoms with E-state index in [9.17, 15) is 10.1 Å². The molecule has 0 bridgehead atoms. The minimum absolute atomic E-state index is 0. The van der Waals surface area contributed by atoms with Gasteiger partial charge >= 0.3 is 0 Å². The first-order valence-corrected chi connectivity index (χ1v) is 11.1. The van der Waals surface area contributed by atoms with Gasteiger partial charge in [-0.1, -0.05) is 50.2 Å². The number of hydrogen-bond acceptors (Lipinski definition) is 5. The van der Waals surface area contributed by atoms with E-state index in [1.54, 1.807) is 0 Å². The number of thiazole rings is 1. The van der Waals surface area contributed by atoms with Crippen molar-refractivity contribution in [2.75, 3.05) is 0 Å². The Morgan fingerprint density at radius 3 is 2.44 bits per heavy atom. The van der Waals surface area contributed by atoms with Gasteiger partial charge in [0.15, 0.2) is 0 Å². The molecule has 0 fully saturated rings. The van der Waals surface area contributed by atoms with Crippen LogP contribution < -0.4 is 11.3 Å². The number of fused-ring (bicyclic) bond motifs is 1. The van der Waals surface area contributed by atoms with E-state index < -0.39 is 0 Å². The number of rotatable bonds is 5. The second kappa shape index (κ2) is 9.66. The minimum Gasteiger partial charge on any atom is -0.325 e. The molecule has 0 radical (unpaired) electrons. The van der Waals surface area contributed by atoms with Crippen LogP contribution in [0.25, 0.3) is 32.5 Å². The van der Waals surface area contributed by atoms with Crippen molar-refractivity contribution in [2.24, 2.45) is 11.7 Å². The van der Waals surface area contributed by atoms with Gasteiger partial charge < -0.3 is 10.3 Å². The van der Waals surface area contributed by atoms with Crippen LogP contribution in [0.4, 0.5) is 0 Å². The van der Waals surface area contributed by atoms with Gasteiger partial charge in [-0.05, 0) is 35.9 Å². The van der Waals surface area contributed by atoms with E-state index in [-0.39, 0.29) is 24.5 Å². The van der Waals surface area contributed by atoms with Gasteiger partial charge in [0.05, 0.1) is 5.69 Å². The molecule has 0 aliphatic heterocycles. The Balaban J connectivity index is 0.00000289. The number of hydrogen-bond donors (Lipinski definition) is 1. The van der Waals surface area contributed by atoms with Crippen LogP contribution in [-0.2, 0) is 13.1 Å². The number of aromatic nitrogens is 2. The lowest BCUT2D eigenvalue weighted by molar-refractivity contribution is 0.499. The van der Waals surface area contributed by atoms with Crippen LogP contribution in [0.3, 0.4) is 0 Å². The second-order valence-corrected chi connectivity index (χ2v) is 9.01. The topological polar surface area (TPSA) is 84.7 Å². The summed E-state index contributed by atoms with van der Waals surface area (Å²) in [7, 11) is 0. The van der Waals surface area contributed by atoms with E-state index in [4.69, 9.17) is 5.73 Å².